The van der Waals surface area contributed by atoms with E-state index in [9.17, 15) is 17.2 Å². The number of alkyl halides is 2. The first kappa shape index (κ1) is 6.88. The molecule has 1 heterocycles. The van der Waals surface area contributed by atoms with Gasteiger partial charge in [0.2, 0.25) is 0 Å². The van der Waals surface area contributed by atoms with Gasteiger partial charge in [-0.1, -0.05) is 0 Å². The smallest absolute Gasteiger partial charge is 0.264 e. The standard InChI is InChI=1S/C3H4F2O3S/c4-3(5)1-8-9(6,7)2-3/h1-2H2. The van der Waals surface area contributed by atoms with Gasteiger partial charge < -0.3 is 0 Å². The molecule has 0 bridgehead atoms. The van der Waals surface area contributed by atoms with Gasteiger partial charge in [0.1, 0.15) is 12.4 Å². The Balaban J connectivity index is 2.81. The molecule has 0 N–H and O–H groups in total. The Morgan fingerprint density at radius 2 is 2.00 bits per heavy atom. The molecule has 1 aliphatic heterocycles. The van der Waals surface area contributed by atoms with Crippen molar-refractivity contribution in [2.24, 2.45) is 0 Å². The van der Waals surface area contributed by atoms with Crippen LogP contribution in [0.5, 0.6) is 0 Å². The molecule has 0 spiro atoms. The van der Waals surface area contributed by atoms with E-state index in [1.165, 1.54) is 0 Å². The molecule has 9 heavy (non-hydrogen) atoms. The van der Waals surface area contributed by atoms with E-state index >= 15 is 0 Å². The third kappa shape index (κ3) is 1.59. The maximum Gasteiger partial charge on any atom is 0.288 e. The molecule has 0 aromatic rings. The maximum absolute atomic E-state index is 11.9. The van der Waals surface area contributed by atoms with E-state index in [0.717, 1.165) is 0 Å². The molecule has 0 amide bonds. The van der Waals surface area contributed by atoms with Crippen molar-refractivity contribution in [1.29, 1.82) is 0 Å². The van der Waals surface area contributed by atoms with Gasteiger partial charge in [0.25, 0.3) is 16.0 Å². The highest BCUT2D eigenvalue weighted by atomic mass is 32.2. The van der Waals surface area contributed by atoms with Crippen LogP contribution >= 0.6 is 0 Å². The van der Waals surface area contributed by atoms with Crippen LogP contribution in [0.1, 0.15) is 0 Å². The van der Waals surface area contributed by atoms with Crippen molar-refractivity contribution in [3.8, 4) is 0 Å². The summed E-state index contributed by atoms with van der Waals surface area (Å²) in [6.07, 6.45) is 0. The van der Waals surface area contributed by atoms with E-state index in [-0.39, 0.29) is 0 Å². The maximum atomic E-state index is 11.9. The van der Waals surface area contributed by atoms with Gasteiger partial charge in [0.15, 0.2) is 0 Å². The molecule has 1 fully saturated rings. The fourth-order valence-electron chi connectivity index (χ4n) is 0.518. The summed E-state index contributed by atoms with van der Waals surface area (Å²) in [6, 6.07) is 0. The van der Waals surface area contributed by atoms with Crippen molar-refractivity contribution >= 4 is 10.1 Å². The van der Waals surface area contributed by atoms with Crippen LogP contribution in [0.4, 0.5) is 8.78 Å². The summed E-state index contributed by atoms with van der Waals surface area (Å²) in [5, 5.41) is 0. The van der Waals surface area contributed by atoms with E-state index < -0.39 is 28.4 Å². The Hall–Kier alpha value is -0.230. The molecule has 0 radical (unpaired) electrons. The molecule has 0 aliphatic carbocycles. The first-order valence-corrected chi connectivity index (χ1v) is 3.74. The zero-order valence-electron chi connectivity index (χ0n) is 4.30. The lowest BCUT2D eigenvalue weighted by molar-refractivity contribution is 0.00477. The summed E-state index contributed by atoms with van der Waals surface area (Å²) in [7, 11) is -3.90. The summed E-state index contributed by atoms with van der Waals surface area (Å²) >= 11 is 0. The quantitative estimate of drug-likeness (QED) is 0.465. The van der Waals surface area contributed by atoms with Crippen molar-refractivity contribution < 1.29 is 21.4 Å². The minimum absolute atomic E-state index is 1.00. The van der Waals surface area contributed by atoms with E-state index in [1.807, 2.05) is 0 Å². The molecule has 0 saturated carbocycles. The van der Waals surface area contributed by atoms with Gasteiger partial charge in [-0.3, -0.25) is 4.18 Å². The Bertz CT molecular complexity index is 207. The molecule has 1 aliphatic rings. The van der Waals surface area contributed by atoms with E-state index in [0.29, 0.717) is 0 Å². The molecular weight excluding hydrogens is 154 g/mol. The molecule has 3 nitrogen and oxygen atoms in total. The van der Waals surface area contributed by atoms with Crippen molar-refractivity contribution in [2.45, 2.75) is 5.92 Å². The number of hydrogen-bond donors (Lipinski definition) is 0. The van der Waals surface area contributed by atoms with E-state index in [2.05, 4.69) is 4.18 Å². The highest BCUT2D eigenvalue weighted by Crippen LogP contribution is 2.24. The van der Waals surface area contributed by atoms with E-state index in [4.69, 9.17) is 0 Å². The average molecular weight is 158 g/mol. The zero-order chi connectivity index (χ0) is 7.12. The van der Waals surface area contributed by atoms with Crippen LogP contribution < -0.4 is 0 Å². The monoisotopic (exact) mass is 158 g/mol. The van der Waals surface area contributed by atoms with Crippen LogP contribution in [0.15, 0.2) is 0 Å². The highest BCUT2D eigenvalue weighted by molar-refractivity contribution is 7.87. The molecule has 0 aromatic carbocycles. The SMILES string of the molecule is O=S1(=O)CC(F)(F)CO1. The van der Waals surface area contributed by atoms with Crippen LogP contribution in [-0.2, 0) is 14.3 Å². The third-order valence-corrected chi connectivity index (χ3v) is 2.09. The van der Waals surface area contributed by atoms with Crippen LogP contribution in [0.25, 0.3) is 0 Å². The van der Waals surface area contributed by atoms with Crippen molar-refractivity contribution in [3.05, 3.63) is 0 Å². The molecule has 54 valence electrons. The molecular formula is C3H4F2O3S. The second-order valence-electron chi connectivity index (χ2n) is 1.82. The molecule has 6 heteroatoms. The third-order valence-electron chi connectivity index (χ3n) is 0.838. The Kier molecular flexibility index (Phi) is 1.25. The van der Waals surface area contributed by atoms with Gasteiger partial charge in [0, 0.05) is 0 Å². The summed E-state index contributed by atoms with van der Waals surface area (Å²) in [6.45, 7) is -1.00. The molecule has 0 atom stereocenters. The Labute approximate surface area is 50.7 Å². The lowest BCUT2D eigenvalue weighted by atomic mass is 10.4. The zero-order valence-corrected chi connectivity index (χ0v) is 5.12. The predicted octanol–water partition coefficient (Wildman–Crippen LogP) is -0.0183. The fourth-order valence-corrected chi connectivity index (χ4v) is 1.55. The molecule has 1 rings (SSSR count). The van der Waals surface area contributed by atoms with Gasteiger partial charge in [-0.25, -0.2) is 8.78 Å². The van der Waals surface area contributed by atoms with Gasteiger partial charge >= 0.3 is 0 Å². The van der Waals surface area contributed by atoms with Crippen molar-refractivity contribution in [2.75, 3.05) is 12.4 Å². The lowest BCUT2D eigenvalue weighted by Crippen LogP contribution is -2.20. The number of rotatable bonds is 0. The minimum atomic E-state index is -3.90. The summed E-state index contributed by atoms with van der Waals surface area (Å²) < 4.78 is 47.9. The number of hydrogen-bond acceptors (Lipinski definition) is 3. The fraction of sp³-hybridized carbons (Fsp3) is 1.00. The first-order chi connectivity index (χ1) is 3.91. The summed E-state index contributed by atoms with van der Waals surface area (Å²) in [5.41, 5.74) is 0. The predicted molar refractivity (Wildman–Crippen MR) is 24.7 cm³/mol. The summed E-state index contributed by atoms with van der Waals surface area (Å²) in [5.74, 6) is -4.36. The second-order valence-corrected chi connectivity index (χ2v) is 3.46. The van der Waals surface area contributed by atoms with E-state index in [1.54, 1.807) is 0 Å². The normalized spacial score (nSPS) is 30.4. The second kappa shape index (κ2) is 1.63. The highest BCUT2D eigenvalue weighted by Gasteiger charge is 2.44. The molecule has 0 unspecified atom stereocenters. The largest absolute Gasteiger partial charge is 0.288 e. The lowest BCUT2D eigenvalue weighted by Gasteiger charge is -1.98. The average Bonchev–Trinajstić information content (AvgIpc) is 1.78. The van der Waals surface area contributed by atoms with Crippen LogP contribution in [0.3, 0.4) is 0 Å². The van der Waals surface area contributed by atoms with Crippen LogP contribution in [-0.4, -0.2) is 26.7 Å². The van der Waals surface area contributed by atoms with Gasteiger partial charge in [-0.2, -0.15) is 8.42 Å². The van der Waals surface area contributed by atoms with Gasteiger partial charge in [-0.15, -0.1) is 0 Å². The van der Waals surface area contributed by atoms with Crippen LogP contribution in [0, 0.1) is 0 Å². The Morgan fingerprint density at radius 1 is 1.44 bits per heavy atom. The number of halogens is 2. The first-order valence-electron chi connectivity index (χ1n) is 2.16. The molecule has 1 saturated heterocycles. The Morgan fingerprint density at radius 3 is 2.11 bits per heavy atom. The van der Waals surface area contributed by atoms with Crippen molar-refractivity contribution in [3.63, 3.8) is 0 Å². The topological polar surface area (TPSA) is 43.4 Å². The van der Waals surface area contributed by atoms with Gasteiger partial charge in [-0.05, 0) is 0 Å². The summed E-state index contributed by atoms with van der Waals surface area (Å²) in [4.78, 5) is 0. The molecule has 0 aromatic heterocycles. The van der Waals surface area contributed by atoms with Crippen molar-refractivity contribution in [1.82, 2.24) is 0 Å². The van der Waals surface area contributed by atoms with Crippen LogP contribution in [0.2, 0.25) is 0 Å². The minimum Gasteiger partial charge on any atom is -0.264 e. The van der Waals surface area contributed by atoms with Gasteiger partial charge in [0.05, 0.1) is 0 Å².